The normalized spacial score (nSPS) is 17.2. The molecule has 1 aromatic carbocycles. The minimum absolute atomic E-state index is 0.00733. The fourth-order valence-electron chi connectivity index (χ4n) is 2.42. The maximum atomic E-state index is 14.1. The highest BCUT2D eigenvalue weighted by molar-refractivity contribution is 5.72. The molecule has 0 bridgehead atoms. The van der Waals surface area contributed by atoms with Crippen molar-refractivity contribution in [1.29, 1.82) is 0 Å². The van der Waals surface area contributed by atoms with Gasteiger partial charge in [0.05, 0.1) is 24.2 Å². The number of hydrogen-bond donors (Lipinski definition) is 4. The first-order valence-corrected chi connectivity index (χ1v) is 8.02. The predicted octanol–water partition coefficient (Wildman–Crippen LogP) is 0.648. The van der Waals surface area contributed by atoms with Crippen molar-refractivity contribution in [3.05, 3.63) is 65.8 Å². The van der Waals surface area contributed by atoms with E-state index in [-0.39, 0.29) is 35.7 Å². The molecule has 0 amide bonds. The fourth-order valence-corrected chi connectivity index (χ4v) is 2.42. The third-order valence-corrected chi connectivity index (χ3v) is 3.82. The van der Waals surface area contributed by atoms with Crippen molar-refractivity contribution in [3.8, 4) is 0 Å². The Hall–Kier alpha value is -3.21. The van der Waals surface area contributed by atoms with E-state index < -0.39 is 5.82 Å². The molecular formula is C17H20FN7O2. The quantitative estimate of drug-likeness (QED) is 0.424. The zero-order valence-corrected chi connectivity index (χ0v) is 14.6. The first-order chi connectivity index (χ1) is 13.0. The Balaban J connectivity index is 1.94. The summed E-state index contributed by atoms with van der Waals surface area (Å²) in [5, 5.41) is 7.93. The van der Waals surface area contributed by atoms with Gasteiger partial charge in [-0.1, -0.05) is 23.4 Å². The molecule has 1 atom stereocenters. The number of allylic oxidation sites excluding steroid dienone is 2. The highest BCUT2D eigenvalue weighted by Crippen LogP contribution is 2.24. The van der Waals surface area contributed by atoms with E-state index in [1.165, 1.54) is 19.2 Å². The lowest BCUT2D eigenvalue weighted by molar-refractivity contribution is 0.223. The van der Waals surface area contributed by atoms with Gasteiger partial charge in [-0.25, -0.2) is 10.2 Å². The van der Waals surface area contributed by atoms with Gasteiger partial charge in [0.2, 0.25) is 5.82 Å². The molecule has 27 heavy (non-hydrogen) atoms. The van der Waals surface area contributed by atoms with E-state index in [9.17, 15) is 4.39 Å². The minimum atomic E-state index is -0.507. The monoisotopic (exact) mass is 373 g/mol. The van der Waals surface area contributed by atoms with Gasteiger partial charge in [-0.2, -0.15) is 4.98 Å². The van der Waals surface area contributed by atoms with E-state index in [0.29, 0.717) is 11.4 Å². The Morgan fingerprint density at radius 3 is 2.85 bits per heavy atom. The summed E-state index contributed by atoms with van der Waals surface area (Å²) in [6.45, 7) is 0.00733. The van der Waals surface area contributed by atoms with Gasteiger partial charge < -0.3 is 26.0 Å². The molecule has 3 rings (SSSR count). The molecule has 2 heterocycles. The van der Waals surface area contributed by atoms with Gasteiger partial charge in [0.15, 0.2) is 0 Å². The molecule has 0 saturated heterocycles. The summed E-state index contributed by atoms with van der Waals surface area (Å²) in [5.74, 6) is 5.91. The lowest BCUT2D eigenvalue weighted by atomic mass is 10.2. The molecule has 1 aliphatic rings. The second-order valence-electron chi connectivity index (χ2n) is 5.69. The number of dihydropyridines is 1. The number of nitrogens with one attached hydrogen (secondary N) is 1. The van der Waals surface area contributed by atoms with Crippen molar-refractivity contribution in [1.82, 2.24) is 15.5 Å². The Morgan fingerprint density at radius 2 is 2.19 bits per heavy atom. The lowest BCUT2D eigenvalue weighted by Crippen LogP contribution is -2.35. The standard InChI is InChI=1S/C17H20FN7O2/c1-26-9-13(25(21)12-5-3-2-4-11(12)18)15(20)17-23-16(24-27-17)10-6-7-14(19)22-8-10/h2-8,14,22H,9,19-21H2,1H3/b15-13-. The van der Waals surface area contributed by atoms with Crippen LogP contribution in [-0.2, 0) is 4.74 Å². The molecule has 0 spiro atoms. The zero-order valence-electron chi connectivity index (χ0n) is 14.6. The number of hydrazine groups is 1. The fraction of sp³-hybridized carbons (Fsp3) is 0.176. The Kier molecular flexibility index (Phi) is 5.50. The number of anilines is 1. The number of ether oxygens (including phenoxy) is 1. The number of benzene rings is 1. The molecule has 1 unspecified atom stereocenters. The Labute approximate surface area is 154 Å². The van der Waals surface area contributed by atoms with Crippen LogP contribution < -0.4 is 27.6 Å². The van der Waals surface area contributed by atoms with E-state index in [4.69, 9.17) is 26.6 Å². The number of methoxy groups -OCH3 is 1. The first-order valence-electron chi connectivity index (χ1n) is 8.02. The average Bonchev–Trinajstić information content (AvgIpc) is 3.16. The Morgan fingerprint density at radius 1 is 1.41 bits per heavy atom. The summed E-state index contributed by atoms with van der Waals surface area (Å²) >= 11 is 0. The van der Waals surface area contributed by atoms with Gasteiger partial charge in [-0.3, -0.25) is 5.01 Å². The summed E-state index contributed by atoms with van der Waals surface area (Å²) < 4.78 is 24.5. The number of aromatic nitrogens is 2. The smallest absolute Gasteiger partial charge is 0.276 e. The van der Waals surface area contributed by atoms with Crippen molar-refractivity contribution < 1.29 is 13.7 Å². The molecule has 2 aromatic rings. The van der Waals surface area contributed by atoms with Crippen LogP contribution in [-0.4, -0.2) is 30.0 Å². The minimum Gasteiger partial charge on any atom is -0.393 e. The summed E-state index contributed by atoms with van der Waals surface area (Å²) in [6.07, 6.45) is 4.91. The van der Waals surface area contributed by atoms with E-state index in [1.54, 1.807) is 30.5 Å². The molecule has 1 aromatic heterocycles. The second-order valence-corrected chi connectivity index (χ2v) is 5.69. The van der Waals surface area contributed by atoms with Crippen molar-refractivity contribution in [3.63, 3.8) is 0 Å². The van der Waals surface area contributed by atoms with Crippen molar-refractivity contribution in [2.75, 3.05) is 18.7 Å². The topological polar surface area (TPSA) is 141 Å². The van der Waals surface area contributed by atoms with Gasteiger partial charge in [0, 0.05) is 18.9 Å². The van der Waals surface area contributed by atoms with Crippen LogP contribution in [0.4, 0.5) is 10.1 Å². The van der Waals surface area contributed by atoms with Crippen LogP contribution in [0, 0.1) is 5.82 Å². The van der Waals surface area contributed by atoms with E-state index in [2.05, 4.69) is 15.5 Å². The van der Waals surface area contributed by atoms with Gasteiger partial charge >= 0.3 is 0 Å². The van der Waals surface area contributed by atoms with Crippen molar-refractivity contribution in [2.24, 2.45) is 17.3 Å². The number of halogens is 1. The largest absolute Gasteiger partial charge is 0.393 e. The first kappa shape index (κ1) is 18.6. The molecule has 0 fully saturated rings. The molecule has 0 saturated carbocycles. The third-order valence-electron chi connectivity index (χ3n) is 3.82. The predicted molar refractivity (Wildman–Crippen MR) is 98.6 cm³/mol. The van der Waals surface area contributed by atoms with Crippen LogP contribution in [0.15, 0.2) is 52.8 Å². The van der Waals surface area contributed by atoms with Crippen LogP contribution in [0.3, 0.4) is 0 Å². The SMILES string of the molecule is COC/C(=C(/N)c1nc(C2=CNC(N)C=C2)no1)N(N)c1ccccc1F. The maximum absolute atomic E-state index is 14.1. The van der Waals surface area contributed by atoms with Crippen LogP contribution in [0.25, 0.3) is 11.3 Å². The number of para-hydroxylation sites is 1. The molecule has 142 valence electrons. The van der Waals surface area contributed by atoms with E-state index in [0.717, 1.165) is 5.01 Å². The van der Waals surface area contributed by atoms with Gasteiger partial charge in [0.1, 0.15) is 11.5 Å². The van der Waals surface area contributed by atoms with Crippen LogP contribution >= 0.6 is 0 Å². The average molecular weight is 373 g/mol. The maximum Gasteiger partial charge on any atom is 0.276 e. The van der Waals surface area contributed by atoms with Crippen LogP contribution in [0.2, 0.25) is 0 Å². The van der Waals surface area contributed by atoms with E-state index >= 15 is 0 Å². The van der Waals surface area contributed by atoms with Gasteiger partial charge in [-0.15, -0.1) is 0 Å². The van der Waals surface area contributed by atoms with Crippen molar-refractivity contribution in [2.45, 2.75) is 6.17 Å². The summed E-state index contributed by atoms with van der Waals surface area (Å²) in [7, 11) is 1.47. The highest BCUT2D eigenvalue weighted by atomic mass is 19.1. The van der Waals surface area contributed by atoms with Crippen LogP contribution in [0.5, 0.6) is 0 Å². The number of nitrogens with two attached hydrogens (primary N) is 3. The number of hydrogen-bond acceptors (Lipinski definition) is 9. The van der Waals surface area contributed by atoms with E-state index in [1.807, 2.05) is 0 Å². The zero-order chi connectivity index (χ0) is 19.4. The molecular weight excluding hydrogens is 353 g/mol. The highest BCUT2D eigenvalue weighted by Gasteiger charge is 2.21. The number of nitrogens with zero attached hydrogens (tertiary/aromatic N) is 3. The van der Waals surface area contributed by atoms with Crippen LogP contribution in [0.1, 0.15) is 11.7 Å². The lowest BCUT2D eigenvalue weighted by Gasteiger charge is -2.23. The molecule has 9 nitrogen and oxygen atoms in total. The molecule has 0 aliphatic carbocycles. The third kappa shape index (κ3) is 3.97. The number of rotatable bonds is 6. The van der Waals surface area contributed by atoms with Crippen molar-refractivity contribution >= 4 is 17.0 Å². The molecule has 10 heteroatoms. The summed E-state index contributed by atoms with van der Waals surface area (Å²) in [4.78, 5) is 4.27. The second kappa shape index (κ2) is 7.99. The van der Waals surface area contributed by atoms with Gasteiger partial charge in [-0.05, 0) is 18.2 Å². The Bertz CT molecular complexity index is 906. The molecule has 7 N–H and O–H groups in total. The molecule has 0 radical (unpaired) electrons. The van der Waals surface area contributed by atoms with Gasteiger partial charge in [0.25, 0.3) is 5.89 Å². The molecule has 1 aliphatic heterocycles. The summed E-state index contributed by atoms with van der Waals surface area (Å²) in [5.41, 5.74) is 13.0. The summed E-state index contributed by atoms with van der Waals surface area (Å²) in [6, 6.07) is 6.03.